The first-order valence-corrected chi connectivity index (χ1v) is 12.6. The zero-order valence-electron chi connectivity index (χ0n) is 21.9. The average Bonchev–Trinajstić information content (AvgIpc) is 3.36. The summed E-state index contributed by atoms with van der Waals surface area (Å²) in [5, 5.41) is 0.663. The quantitative estimate of drug-likeness (QED) is 0.411. The molecule has 1 fully saturated rings. The largest absolute Gasteiger partial charge is 0.444 e. The molecule has 1 aliphatic rings. The predicted molar refractivity (Wildman–Crippen MR) is 137 cm³/mol. The lowest BCUT2D eigenvalue weighted by atomic mass is 9.97. The van der Waals surface area contributed by atoms with Crippen molar-refractivity contribution < 1.29 is 19.1 Å². The molecule has 0 spiro atoms. The van der Waals surface area contributed by atoms with Crippen molar-refractivity contribution >= 4 is 23.8 Å². The van der Waals surface area contributed by atoms with Gasteiger partial charge < -0.3 is 14.4 Å². The minimum atomic E-state index is -0.576. The van der Waals surface area contributed by atoms with Crippen LogP contribution in [0.2, 0.25) is 5.02 Å². The summed E-state index contributed by atoms with van der Waals surface area (Å²) in [5.74, 6) is 0.934. The Balaban J connectivity index is 1.70. The summed E-state index contributed by atoms with van der Waals surface area (Å²) in [6.07, 6.45) is 4.44. The van der Waals surface area contributed by atoms with Gasteiger partial charge in [0.1, 0.15) is 17.5 Å². The number of rotatable bonds is 7. The van der Waals surface area contributed by atoms with E-state index in [0.29, 0.717) is 24.0 Å². The summed E-state index contributed by atoms with van der Waals surface area (Å²) in [6, 6.07) is 7.53. The van der Waals surface area contributed by atoms with Crippen molar-refractivity contribution in [3.63, 3.8) is 0 Å². The SMILES string of the molecule is CC[C@@H](CN(Cc1ccc(Cl)cc1)C(=O)OC(C)(C)C)[C@@H]1C[C@H]1c1cn(C(=O)OC(C)(C)C)cn1. The molecule has 192 valence electrons. The monoisotopic (exact) mass is 503 g/mol. The Bertz CT molecular complexity index is 1020. The van der Waals surface area contributed by atoms with Crippen LogP contribution in [0.5, 0.6) is 0 Å². The summed E-state index contributed by atoms with van der Waals surface area (Å²) >= 11 is 6.04. The van der Waals surface area contributed by atoms with E-state index in [1.165, 1.54) is 10.9 Å². The number of carbonyl (C=O) groups excluding carboxylic acids is 2. The number of aromatic nitrogens is 2. The van der Waals surface area contributed by atoms with Gasteiger partial charge in [0.2, 0.25) is 0 Å². The number of amides is 1. The van der Waals surface area contributed by atoms with Crippen molar-refractivity contribution in [2.75, 3.05) is 6.54 Å². The van der Waals surface area contributed by atoms with Crippen molar-refractivity contribution in [2.24, 2.45) is 11.8 Å². The van der Waals surface area contributed by atoms with Crippen LogP contribution in [-0.4, -0.2) is 44.4 Å². The highest BCUT2D eigenvalue weighted by Gasteiger charge is 2.45. The van der Waals surface area contributed by atoms with Gasteiger partial charge in [0.25, 0.3) is 0 Å². The van der Waals surface area contributed by atoms with E-state index >= 15 is 0 Å². The lowest BCUT2D eigenvalue weighted by Crippen LogP contribution is -2.39. The lowest BCUT2D eigenvalue weighted by molar-refractivity contribution is 0.0192. The molecule has 7 nitrogen and oxygen atoms in total. The van der Waals surface area contributed by atoms with Crippen LogP contribution in [0.25, 0.3) is 0 Å². The van der Waals surface area contributed by atoms with E-state index in [-0.39, 0.29) is 17.9 Å². The molecule has 1 aromatic heterocycles. The number of hydrogen-bond donors (Lipinski definition) is 0. The van der Waals surface area contributed by atoms with Gasteiger partial charge in [-0.3, -0.25) is 0 Å². The molecule has 1 amide bonds. The van der Waals surface area contributed by atoms with Crippen LogP contribution in [0.15, 0.2) is 36.8 Å². The highest BCUT2D eigenvalue weighted by Crippen LogP contribution is 2.52. The maximum Gasteiger partial charge on any atom is 0.419 e. The molecule has 1 aliphatic carbocycles. The van der Waals surface area contributed by atoms with E-state index < -0.39 is 17.3 Å². The fourth-order valence-corrected chi connectivity index (χ4v) is 4.34. The van der Waals surface area contributed by atoms with Crippen LogP contribution < -0.4 is 0 Å². The van der Waals surface area contributed by atoms with Crippen molar-refractivity contribution in [3.05, 3.63) is 53.1 Å². The van der Waals surface area contributed by atoms with Gasteiger partial charge in [-0.2, -0.15) is 0 Å². The highest BCUT2D eigenvalue weighted by atomic mass is 35.5. The molecule has 1 heterocycles. The minimum absolute atomic E-state index is 0.264. The molecule has 1 saturated carbocycles. The molecule has 0 bridgehead atoms. The molecule has 0 aliphatic heterocycles. The molecule has 3 atom stereocenters. The highest BCUT2D eigenvalue weighted by molar-refractivity contribution is 6.30. The van der Waals surface area contributed by atoms with Gasteiger partial charge in [-0.25, -0.2) is 19.1 Å². The minimum Gasteiger partial charge on any atom is -0.444 e. The van der Waals surface area contributed by atoms with Gasteiger partial charge in [0.05, 0.1) is 5.69 Å². The molecular formula is C27H38ClN3O4. The van der Waals surface area contributed by atoms with E-state index in [4.69, 9.17) is 21.1 Å². The summed E-state index contributed by atoms with van der Waals surface area (Å²) in [7, 11) is 0. The van der Waals surface area contributed by atoms with E-state index in [1.807, 2.05) is 65.8 Å². The number of ether oxygens (including phenoxy) is 2. The second-order valence-corrected chi connectivity index (χ2v) is 11.8. The van der Waals surface area contributed by atoms with Crippen LogP contribution in [0.3, 0.4) is 0 Å². The molecule has 2 aromatic rings. The van der Waals surface area contributed by atoms with Crippen LogP contribution in [0.1, 0.15) is 78.5 Å². The Labute approximate surface area is 213 Å². The number of benzene rings is 1. The Morgan fingerprint density at radius 3 is 2.31 bits per heavy atom. The standard InChI is InChI=1S/C27H38ClN3O4/c1-8-19(21-13-22(21)23-16-31(17-29-23)25(33)35-27(5,6)7)15-30(24(32)34-26(2,3)4)14-18-9-11-20(28)12-10-18/h9-12,16-17,19,21-22H,8,13-15H2,1-7H3/t19-,21-,22+/m0/s1. The molecule has 8 heteroatoms. The van der Waals surface area contributed by atoms with Gasteiger partial charge in [0, 0.05) is 30.2 Å². The predicted octanol–water partition coefficient (Wildman–Crippen LogP) is 6.89. The first-order chi connectivity index (χ1) is 16.3. The van der Waals surface area contributed by atoms with Gasteiger partial charge in [-0.15, -0.1) is 0 Å². The normalized spacial score (nSPS) is 18.6. The van der Waals surface area contributed by atoms with Gasteiger partial charge in [-0.05, 0) is 77.5 Å². The van der Waals surface area contributed by atoms with Crippen molar-refractivity contribution in [2.45, 2.75) is 85.0 Å². The number of hydrogen-bond acceptors (Lipinski definition) is 5. The third-order valence-corrected chi connectivity index (χ3v) is 6.20. The Morgan fingerprint density at radius 2 is 1.74 bits per heavy atom. The number of halogens is 1. The Hall–Kier alpha value is -2.54. The van der Waals surface area contributed by atoms with Crippen LogP contribution >= 0.6 is 11.6 Å². The van der Waals surface area contributed by atoms with Crippen LogP contribution in [-0.2, 0) is 16.0 Å². The fraction of sp³-hybridized carbons (Fsp3) is 0.593. The molecule has 1 aromatic carbocycles. The summed E-state index contributed by atoms with van der Waals surface area (Å²) in [4.78, 5) is 31.7. The Kier molecular flexibility index (Phi) is 8.20. The number of carbonyl (C=O) groups is 2. The smallest absolute Gasteiger partial charge is 0.419 e. The van der Waals surface area contributed by atoms with E-state index in [2.05, 4.69) is 11.9 Å². The maximum atomic E-state index is 13.1. The molecule has 0 radical (unpaired) electrons. The molecule has 35 heavy (non-hydrogen) atoms. The summed E-state index contributed by atoms with van der Waals surface area (Å²) < 4.78 is 12.6. The fourth-order valence-electron chi connectivity index (χ4n) is 4.21. The third-order valence-electron chi connectivity index (χ3n) is 5.95. The van der Waals surface area contributed by atoms with E-state index in [1.54, 1.807) is 11.1 Å². The van der Waals surface area contributed by atoms with E-state index in [9.17, 15) is 9.59 Å². The van der Waals surface area contributed by atoms with Gasteiger partial charge in [-0.1, -0.05) is 37.1 Å². The zero-order valence-corrected chi connectivity index (χ0v) is 22.6. The number of imidazole rings is 1. The second kappa shape index (κ2) is 10.6. The average molecular weight is 504 g/mol. The van der Waals surface area contributed by atoms with Crippen molar-refractivity contribution in [1.29, 1.82) is 0 Å². The molecule has 0 saturated heterocycles. The lowest BCUT2D eigenvalue weighted by Gasteiger charge is -2.30. The molecule has 0 unspecified atom stereocenters. The molecule has 3 rings (SSSR count). The second-order valence-electron chi connectivity index (χ2n) is 11.3. The van der Waals surface area contributed by atoms with Gasteiger partial charge >= 0.3 is 12.2 Å². The summed E-state index contributed by atoms with van der Waals surface area (Å²) in [5.41, 5.74) is 0.749. The first kappa shape index (κ1) is 27.1. The third kappa shape index (κ3) is 7.99. The van der Waals surface area contributed by atoms with Crippen molar-refractivity contribution in [1.82, 2.24) is 14.5 Å². The maximum absolute atomic E-state index is 13.1. The topological polar surface area (TPSA) is 73.7 Å². The number of nitrogens with zero attached hydrogens (tertiary/aromatic N) is 3. The van der Waals surface area contributed by atoms with Crippen molar-refractivity contribution in [3.8, 4) is 0 Å². The first-order valence-electron chi connectivity index (χ1n) is 12.3. The van der Waals surface area contributed by atoms with E-state index in [0.717, 1.165) is 24.1 Å². The van der Waals surface area contributed by atoms with Crippen LogP contribution in [0.4, 0.5) is 9.59 Å². The van der Waals surface area contributed by atoms with Crippen LogP contribution in [0, 0.1) is 11.8 Å². The Morgan fingerprint density at radius 1 is 1.11 bits per heavy atom. The zero-order chi connectivity index (χ0) is 26.0. The van der Waals surface area contributed by atoms with Gasteiger partial charge in [0.15, 0.2) is 0 Å². The molecule has 0 N–H and O–H groups in total. The molecular weight excluding hydrogens is 466 g/mol. The summed E-state index contributed by atoms with van der Waals surface area (Å²) in [6.45, 7) is 14.3.